The molecule has 0 bridgehead atoms. The van der Waals surface area contributed by atoms with Crippen LogP contribution in [0.1, 0.15) is 34.4 Å². The molecule has 1 aliphatic heterocycles. The topological polar surface area (TPSA) is 74.1 Å². The van der Waals surface area contributed by atoms with Crippen molar-refractivity contribution >= 4 is 29.3 Å². The van der Waals surface area contributed by atoms with Crippen molar-refractivity contribution < 1.29 is 9.59 Å². The molecule has 26 heavy (non-hydrogen) atoms. The first-order chi connectivity index (χ1) is 12.3. The fraction of sp³-hybridized carbons (Fsp3) is 0.300. The normalized spacial score (nSPS) is 16.9. The third-order valence-electron chi connectivity index (χ3n) is 4.73. The molecule has 132 valence electrons. The Balaban J connectivity index is 1.91. The zero-order chi connectivity index (χ0) is 19.0. The van der Waals surface area contributed by atoms with Gasteiger partial charge in [-0.1, -0.05) is 29.5 Å². The summed E-state index contributed by atoms with van der Waals surface area (Å²) in [5.41, 5.74) is 4.80. The van der Waals surface area contributed by atoms with E-state index in [9.17, 15) is 14.9 Å². The van der Waals surface area contributed by atoms with Crippen molar-refractivity contribution in [1.82, 2.24) is 4.98 Å². The molecule has 0 spiro atoms. The van der Waals surface area contributed by atoms with Crippen LogP contribution in [0.15, 0.2) is 29.3 Å². The molecule has 0 aliphatic carbocycles. The van der Waals surface area contributed by atoms with Gasteiger partial charge < -0.3 is 0 Å². The third kappa shape index (κ3) is 3.11. The largest absolute Gasteiger partial charge is 0.274 e. The lowest BCUT2D eigenvalue weighted by molar-refractivity contribution is -0.121. The number of nitrogens with zero attached hydrogens (tertiary/aromatic N) is 3. The average molecular weight is 365 g/mol. The molecule has 0 radical (unpaired) electrons. The maximum Gasteiger partial charge on any atom is 0.247 e. The van der Waals surface area contributed by atoms with E-state index in [0.29, 0.717) is 16.3 Å². The summed E-state index contributed by atoms with van der Waals surface area (Å²) in [6.45, 7) is 7.64. The molecule has 2 amide bonds. The van der Waals surface area contributed by atoms with Crippen LogP contribution < -0.4 is 4.90 Å². The molecule has 3 rings (SSSR count). The molecule has 2 heterocycles. The highest BCUT2D eigenvalue weighted by molar-refractivity contribution is 8.00. The van der Waals surface area contributed by atoms with Gasteiger partial charge in [-0.25, -0.2) is 9.88 Å². The molecule has 1 aromatic heterocycles. The van der Waals surface area contributed by atoms with Crippen LogP contribution in [0.5, 0.6) is 0 Å². The number of anilines is 1. The van der Waals surface area contributed by atoms with Crippen LogP contribution >= 0.6 is 11.8 Å². The van der Waals surface area contributed by atoms with Crippen LogP contribution in [0.25, 0.3) is 0 Å². The summed E-state index contributed by atoms with van der Waals surface area (Å²) >= 11 is 1.21. The fourth-order valence-electron chi connectivity index (χ4n) is 2.92. The number of thioether (sulfide) groups is 1. The van der Waals surface area contributed by atoms with Gasteiger partial charge in [-0.2, -0.15) is 5.26 Å². The highest BCUT2D eigenvalue weighted by atomic mass is 32.2. The van der Waals surface area contributed by atoms with Gasteiger partial charge in [-0.15, -0.1) is 0 Å². The molecular weight excluding hydrogens is 346 g/mol. The van der Waals surface area contributed by atoms with Crippen molar-refractivity contribution in [3.05, 3.63) is 52.2 Å². The molecule has 1 saturated heterocycles. The molecular formula is C20H19N3O2S. The van der Waals surface area contributed by atoms with Crippen LogP contribution in [-0.4, -0.2) is 22.0 Å². The Morgan fingerprint density at radius 2 is 1.77 bits per heavy atom. The van der Waals surface area contributed by atoms with Gasteiger partial charge in [0.2, 0.25) is 11.8 Å². The Labute approximate surface area is 157 Å². The van der Waals surface area contributed by atoms with E-state index < -0.39 is 5.25 Å². The first-order valence-corrected chi connectivity index (χ1v) is 9.19. The van der Waals surface area contributed by atoms with E-state index in [4.69, 9.17) is 0 Å². The number of aryl methyl sites for hydroxylation is 2. The van der Waals surface area contributed by atoms with Crippen LogP contribution in [0.3, 0.4) is 0 Å². The Morgan fingerprint density at radius 1 is 1.12 bits per heavy atom. The van der Waals surface area contributed by atoms with E-state index >= 15 is 0 Å². The van der Waals surface area contributed by atoms with Gasteiger partial charge in [0.25, 0.3) is 0 Å². The fourth-order valence-corrected chi connectivity index (χ4v) is 4.13. The number of imide groups is 1. The third-order valence-corrected chi connectivity index (χ3v) is 5.90. The number of pyridine rings is 1. The Bertz CT molecular complexity index is 945. The van der Waals surface area contributed by atoms with Crippen LogP contribution in [-0.2, 0) is 9.59 Å². The zero-order valence-corrected chi connectivity index (χ0v) is 16.0. The second kappa shape index (κ2) is 6.93. The molecule has 2 aromatic rings. The monoisotopic (exact) mass is 365 g/mol. The summed E-state index contributed by atoms with van der Waals surface area (Å²) in [5.74, 6) is -0.485. The quantitative estimate of drug-likeness (QED) is 0.777. The number of benzene rings is 1. The molecule has 1 aromatic carbocycles. The van der Waals surface area contributed by atoms with Gasteiger partial charge in [0.15, 0.2) is 0 Å². The van der Waals surface area contributed by atoms with E-state index in [1.165, 1.54) is 16.7 Å². The summed E-state index contributed by atoms with van der Waals surface area (Å²) in [7, 11) is 0. The smallest absolute Gasteiger partial charge is 0.247 e. The predicted molar refractivity (Wildman–Crippen MR) is 101 cm³/mol. The van der Waals surface area contributed by atoms with Crippen LogP contribution in [0.2, 0.25) is 0 Å². The lowest BCUT2D eigenvalue weighted by atomic mass is 10.1. The summed E-state index contributed by atoms with van der Waals surface area (Å²) in [4.78, 5) is 31.0. The highest BCUT2D eigenvalue weighted by Crippen LogP contribution is 2.36. The van der Waals surface area contributed by atoms with Gasteiger partial charge in [-0.05, 0) is 51.0 Å². The predicted octanol–water partition coefficient (Wildman–Crippen LogP) is 3.61. The van der Waals surface area contributed by atoms with E-state index in [0.717, 1.165) is 22.4 Å². The lowest BCUT2D eigenvalue weighted by Crippen LogP contribution is -2.31. The standard InChI is InChI=1S/C20H19N3O2S/c1-11-5-7-15(8-6-11)23-18(24)9-17(20(23)25)26-19-16(10-21)13(3)12(2)14(4)22-19/h5-8,17H,9H2,1-4H3/t17-/m0/s1. The number of aromatic nitrogens is 1. The van der Waals surface area contributed by atoms with E-state index in [1.54, 1.807) is 12.1 Å². The van der Waals surface area contributed by atoms with Crippen molar-refractivity contribution in [2.75, 3.05) is 4.90 Å². The van der Waals surface area contributed by atoms with Gasteiger partial charge in [-0.3, -0.25) is 9.59 Å². The van der Waals surface area contributed by atoms with Gasteiger partial charge in [0.05, 0.1) is 16.5 Å². The summed E-state index contributed by atoms with van der Waals surface area (Å²) in [5, 5.41) is 9.45. The van der Waals surface area contributed by atoms with Crippen molar-refractivity contribution in [1.29, 1.82) is 5.26 Å². The van der Waals surface area contributed by atoms with Crippen molar-refractivity contribution in [3.8, 4) is 6.07 Å². The lowest BCUT2D eigenvalue weighted by Gasteiger charge is -2.16. The number of nitriles is 1. The second-order valence-electron chi connectivity index (χ2n) is 6.45. The summed E-state index contributed by atoms with van der Waals surface area (Å²) in [6.07, 6.45) is 0.107. The molecule has 6 heteroatoms. The van der Waals surface area contributed by atoms with E-state index in [2.05, 4.69) is 11.1 Å². The summed E-state index contributed by atoms with van der Waals surface area (Å²) in [6, 6.07) is 9.48. The minimum atomic E-state index is -0.565. The second-order valence-corrected chi connectivity index (χ2v) is 7.64. The minimum absolute atomic E-state index is 0.107. The van der Waals surface area contributed by atoms with Crippen LogP contribution in [0.4, 0.5) is 5.69 Å². The number of hydrogen-bond acceptors (Lipinski definition) is 5. The highest BCUT2D eigenvalue weighted by Gasteiger charge is 2.40. The number of amides is 2. The summed E-state index contributed by atoms with van der Waals surface area (Å²) < 4.78 is 0. The molecule has 1 aliphatic rings. The molecule has 0 N–H and O–H groups in total. The molecule has 1 atom stereocenters. The maximum atomic E-state index is 12.8. The van der Waals surface area contributed by atoms with Crippen molar-refractivity contribution in [3.63, 3.8) is 0 Å². The first-order valence-electron chi connectivity index (χ1n) is 8.31. The number of carbonyl (C=O) groups excluding carboxylic acids is 2. The van der Waals surface area contributed by atoms with Crippen molar-refractivity contribution in [2.45, 2.75) is 44.4 Å². The van der Waals surface area contributed by atoms with Gasteiger partial charge in [0.1, 0.15) is 11.1 Å². The average Bonchev–Trinajstić information content (AvgIpc) is 2.88. The first kappa shape index (κ1) is 18.2. The number of hydrogen-bond donors (Lipinski definition) is 0. The molecule has 0 saturated carbocycles. The van der Waals surface area contributed by atoms with E-state index in [-0.39, 0.29) is 18.2 Å². The molecule has 5 nitrogen and oxygen atoms in total. The van der Waals surface area contributed by atoms with Crippen molar-refractivity contribution in [2.24, 2.45) is 0 Å². The number of carbonyl (C=O) groups is 2. The van der Waals surface area contributed by atoms with Gasteiger partial charge >= 0.3 is 0 Å². The molecule has 1 fully saturated rings. The zero-order valence-electron chi connectivity index (χ0n) is 15.2. The Hall–Kier alpha value is -2.65. The van der Waals surface area contributed by atoms with E-state index in [1.807, 2.05) is 39.8 Å². The van der Waals surface area contributed by atoms with Crippen LogP contribution in [0, 0.1) is 39.0 Å². The maximum absolute atomic E-state index is 12.8. The van der Waals surface area contributed by atoms with Gasteiger partial charge in [0, 0.05) is 12.1 Å². The molecule has 0 unspecified atom stereocenters. The number of rotatable bonds is 3. The Morgan fingerprint density at radius 3 is 2.38 bits per heavy atom. The SMILES string of the molecule is Cc1ccc(N2C(=O)C[C@H](Sc3nc(C)c(C)c(C)c3C#N)C2=O)cc1. The Kier molecular flexibility index (Phi) is 4.84. The minimum Gasteiger partial charge on any atom is -0.274 e.